The maximum Gasteiger partial charge on any atom is 0.339 e. The van der Waals surface area contributed by atoms with Crippen molar-refractivity contribution < 1.29 is 9.53 Å². The molecule has 5 rings (SSSR count). The van der Waals surface area contributed by atoms with E-state index in [9.17, 15) is 4.79 Å². The van der Waals surface area contributed by atoms with Gasteiger partial charge >= 0.3 is 5.97 Å². The first-order valence-electron chi connectivity index (χ1n) is 8.83. The third-order valence-electron chi connectivity index (χ3n) is 4.04. The summed E-state index contributed by atoms with van der Waals surface area (Å²) in [7, 11) is 0. The topological polar surface area (TPSA) is 39.2 Å². The first kappa shape index (κ1) is 21.5. The summed E-state index contributed by atoms with van der Waals surface area (Å²) in [5, 5.41) is 0.485. The molecule has 1 atom stereocenters. The van der Waals surface area contributed by atoms with Gasteiger partial charge in [0.25, 0.3) is 0 Å². The molecule has 152 valence electrons. The van der Waals surface area contributed by atoms with E-state index in [1.807, 2.05) is 94.1 Å². The minimum Gasteiger partial charge on any atom is -0.462 e. The molecule has 29 heavy (non-hydrogen) atoms. The van der Waals surface area contributed by atoms with E-state index in [4.69, 9.17) is 4.74 Å². The fourth-order valence-corrected chi connectivity index (χ4v) is 15.3. The zero-order valence-electron chi connectivity index (χ0n) is 15.0. The van der Waals surface area contributed by atoms with Crippen molar-refractivity contribution in [1.82, 2.24) is 4.98 Å². The third kappa shape index (κ3) is 5.18. The standard InChI is InChI=1S/C18H15NO2S8/c20-12(10-2-1-4-19-8-10)21-5-3-11-9-24-15-16(25-11)29-18(28-15)17-26-13-14(27-17)23-7-6-22-13/h1-2,4,8,11H,3,5-7,9H2. The number of carbonyl (C=O) groups excluding carboxylic acids is 1. The Bertz CT molecular complexity index is 894. The maximum atomic E-state index is 12.1. The molecule has 1 unspecified atom stereocenters. The highest BCUT2D eigenvalue weighted by Crippen LogP contribution is 2.68. The highest BCUT2D eigenvalue weighted by atomic mass is 32.3. The Kier molecular flexibility index (Phi) is 7.45. The van der Waals surface area contributed by atoms with E-state index in [0.29, 0.717) is 17.4 Å². The van der Waals surface area contributed by atoms with Gasteiger partial charge in [0.15, 0.2) is 0 Å². The summed E-state index contributed by atoms with van der Waals surface area (Å²) in [4.78, 5) is 16.0. The van der Waals surface area contributed by atoms with Crippen molar-refractivity contribution in [2.75, 3.05) is 23.9 Å². The zero-order chi connectivity index (χ0) is 19.6. The molecule has 5 heterocycles. The molecule has 0 amide bonds. The first-order chi connectivity index (χ1) is 14.3. The van der Waals surface area contributed by atoms with E-state index in [2.05, 4.69) is 4.98 Å². The van der Waals surface area contributed by atoms with Crippen LogP contribution in [0.1, 0.15) is 16.8 Å². The van der Waals surface area contributed by atoms with Crippen LogP contribution in [0, 0.1) is 0 Å². The maximum absolute atomic E-state index is 12.1. The SMILES string of the molecule is O=C(OCCC1CSC2=C(SC(=C3SC4=C(SCCS4)S3)S2)S1)c1cccnc1. The van der Waals surface area contributed by atoms with Crippen LogP contribution in [-0.2, 0) is 4.74 Å². The van der Waals surface area contributed by atoms with Gasteiger partial charge in [0.2, 0.25) is 0 Å². The minimum atomic E-state index is -0.285. The van der Waals surface area contributed by atoms with Crippen molar-refractivity contribution in [3.8, 4) is 0 Å². The number of thioether (sulfide) groups is 8. The molecule has 4 aliphatic heterocycles. The van der Waals surface area contributed by atoms with E-state index in [0.717, 1.165) is 12.2 Å². The van der Waals surface area contributed by atoms with Crippen molar-refractivity contribution in [3.05, 3.63) is 55.5 Å². The molecule has 0 bridgehead atoms. The number of ether oxygens (including phenoxy) is 1. The molecule has 0 spiro atoms. The van der Waals surface area contributed by atoms with Gasteiger partial charge in [-0.05, 0) is 18.6 Å². The van der Waals surface area contributed by atoms with E-state index >= 15 is 0 Å². The molecule has 0 aliphatic carbocycles. The molecule has 1 aromatic heterocycles. The second-order valence-corrected chi connectivity index (χ2v) is 16.2. The lowest BCUT2D eigenvalue weighted by molar-refractivity contribution is 0.0501. The zero-order valence-corrected chi connectivity index (χ0v) is 21.5. The predicted molar refractivity (Wildman–Crippen MR) is 139 cm³/mol. The Balaban J connectivity index is 1.12. The summed E-state index contributed by atoms with van der Waals surface area (Å²) >= 11 is 15.8. The number of esters is 1. The lowest BCUT2D eigenvalue weighted by Gasteiger charge is -2.21. The molecule has 0 radical (unpaired) electrons. The van der Waals surface area contributed by atoms with Crippen molar-refractivity contribution in [2.45, 2.75) is 11.7 Å². The summed E-state index contributed by atoms with van der Waals surface area (Å²) in [5.41, 5.74) is 0.515. The number of rotatable bonds is 4. The quantitative estimate of drug-likeness (QED) is 0.366. The van der Waals surface area contributed by atoms with E-state index in [1.165, 1.54) is 36.9 Å². The largest absolute Gasteiger partial charge is 0.462 e. The number of carbonyl (C=O) groups is 1. The van der Waals surface area contributed by atoms with Gasteiger partial charge in [0.1, 0.15) is 0 Å². The van der Waals surface area contributed by atoms with Crippen molar-refractivity contribution in [3.63, 3.8) is 0 Å². The highest BCUT2D eigenvalue weighted by Gasteiger charge is 2.34. The van der Waals surface area contributed by atoms with Crippen LogP contribution in [0.3, 0.4) is 0 Å². The van der Waals surface area contributed by atoms with Gasteiger partial charge in [-0.3, -0.25) is 4.98 Å². The Morgan fingerprint density at radius 2 is 1.66 bits per heavy atom. The Morgan fingerprint density at radius 3 is 2.34 bits per heavy atom. The van der Waals surface area contributed by atoms with Gasteiger partial charge in [-0.15, -0.1) is 47.0 Å². The fourth-order valence-electron chi connectivity index (χ4n) is 2.66. The number of aromatic nitrogens is 1. The second-order valence-electron chi connectivity index (χ2n) is 6.05. The average molecular weight is 534 g/mol. The van der Waals surface area contributed by atoms with E-state index in [1.54, 1.807) is 24.5 Å². The smallest absolute Gasteiger partial charge is 0.339 e. The van der Waals surface area contributed by atoms with Gasteiger partial charge in [-0.25, -0.2) is 4.79 Å². The lowest BCUT2D eigenvalue weighted by Crippen LogP contribution is -2.15. The Morgan fingerprint density at radius 1 is 0.966 bits per heavy atom. The molecule has 4 aliphatic rings. The monoisotopic (exact) mass is 533 g/mol. The van der Waals surface area contributed by atoms with Crippen molar-refractivity contribution in [2.24, 2.45) is 0 Å². The Hall–Kier alpha value is 0.640. The van der Waals surface area contributed by atoms with Crippen LogP contribution in [0.25, 0.3) is 0 Å². The molecule has 0 fully saturated rings. The average Bonchev–Trinajstić information content (AvgIpc) is 3.38. The van der Waals surface area contributed by atoms with Crippen LogP contribution in [0.5, 0.6) is 0 Å². The first-order valence-corrected chi connectivity index (χ1v) is 15.9. The van der Waals surface area contributed by atoms with Crippen molar-refractivity contribution >= 4 is 100 Å². The summed E-state index contributed by atoms with van der Waals surface area (Å²) in [6.07, 6.45) is 4.09. The lowest BCUT2D eigenvalue weighted by atomic mass is 10.3. The van der Waals surface area contributed by atoms with Crippen LogP contribution in [-0.4, -0.2) is 40.1 Å². The highest BCUT2D eigenvalue weighted by molar-refractivity contribution is 8.45. The van der Waals surface area contributed by atoms with Gasteiger partial charge in [0.05, 0.1) is 37.6 Å². The van der Waals surface area contributed by atoms with Crippen LogP contribution < -0.4 is 0 Å². The molecular formula is C18H15NO2S8. The molecule has 0 saturated heterocycles. The molecule has 11 heteroatoms. The summed E-state index contributed by atoms with van der Waals surface area (Å²) < 4.78 is 14.3. The predicted octanol–water partition coefficient (Wildman–Crippen LogP) is 7.30. The molecule has 0 aromatic carbocycles. The number of hydrogen-bond donors (Lipinski definition) is 0. The van der Waals surface area contributed by atoms with Crippen LogP contribution in [0.15, 0.2) is 49.9 Å². The molecule has 1 aromatic rings. The van der Waals surface area contributed by atoms with Gasteiger partial charge in [-0.2, -0.15) is 0 Å². The second kappa shape index (κ2) is 10.1. The number of nitrogens with zero attached hydrogens (tertiary/aromatic N) is 1. The molecular weight excluding hydrogens is 519 g/mol. The third-order valence-corrected chi connectivity index (χ3v) is 16.5. The van der Waals surface area contributed by atoms with Gasteiger partial charge < -0.3 is 4.74 Å². The fraction of sp³-hybridized carbons (Fsp3) is 0.333. The van der Waals surface area contributed by atoms with Gasteiger partial charge in [-0.1, -0.05) is 47.0 Å². The van der Waals surface area contributed by atoms with Crippen LogP contribution in [0.2, 0.25) is 0 Å². The van der Waals surface area contributed by atoms with Gasteiger partial charge in [0, 0.05) is 34.9 Å². The normalized spacial score (nSPS) is 24.1. The van der Waals surface area contributed by atoms with E-state index < -0.39 is 0 Å². The van der Waals surface area contributed by atoms with Crippen molar-refractivity contribution in [1.29, 1.82) is 0 Å². The van der Waals surface area contributed by atoms with E-state index in [-0.39, 0.29) is 5.97 Å². The molecule has 0 saturated carbocycles. The molecule has 3 nitrogen and oxygen atoms in total. The number of pyridine rings is 1. The molecule has 0 N–H and O–H groups in total. The summed E-state index contributed by atoms with van der Waals surface area (Å²) in [6, 6.07) is 3.49. The summed E-state index contributed by atoms with van der Waals surface area (Å²) in [6.45, 7) is 0.455. The minimum absolute atomic E-state index is 0.285. The number of hydrogen-bond acceptors (Lipinski definition) is 11. The van der Waals surface area contributed by atoms with Crippen LogP contribution >= 0.6 is 94.1 Å². The van der Waals surface area contributed by atoms with Crippen LogP contribution in [0.4, 0.5) is 0 Å². The summed E-state index contributed by atoms with van der Waals surface area (Å²) in [5.74, 6) is 3.25. The Labute approximate surface area is 204 Å².